The molecule has 0 bridgehead atoms. The standard InChI is InChI=1S/C28H39ClN4O3/c1-18-19(2)27(25(29)20(3)26(18)30)36-17-24(35)32(4)22-10-14-33(15-11-22)16-23(34)31-28(12-13-28)21-8-6-5-7-9-21/h5-9,22-23,31,34H,10-17,30H2,1-4H3. The van der Waals surface area contributed by atoms with Crippen LogP contribution in [0, 0.1) is 20.8 Å². The molecule has 196 valence electrons. The van der Waals surface area contributed by atoms with E-state index in [4.69, 9.17) is 22.1 Å². The van der Waals surface area contributed by atoms with Crippen molar-refractivity contribution in [2.24, 2.45) is 0 Å². The average molecular weight is 515 g/mol. The van der Waals surface area contributed by atoms with E-state index in [1.165, 1.54) is 5.56 Å². The molecule has 0 radical (unpaired) electrons. The second-order valence-corrected chi connectivity index (χ2v) is 10.7. The number of aliphatic hydroxyl groups excluding tert-OH is 1. The molecule has 1 unspecified atom stereocenters. The van der Waals surface area contributed by atoms with Gasteiger partial charge in [-0.05, 0) is 68.7 Å². The van der Waals surface area contributed by atoms with E-state index in [9.17, 15) is 9.90 Å². The Labute approximate surface area is 219 Å². The number of hydrogen-bond acceptors (Lipinski definition) is 6. The molecular weight excluding hydrogens is 476 g/mol. The highest BCUT2D eigenvalue weighted by atomic mass is 35.5. The number of amides is 1. The van der Waals surface area contributed by atoms with Gasteiger partial charge < -0.3 is 20.5 Å². The second kappa shape index (κ2) is 11.0. The van der Waals surface area contributed by atoms with E-state index in [0.717, 1.165) is 55.5 Å². The molecule has 2 aliphatic rings. The van der Waals surface area contributed by atoms with E-state index < -0.39 is 6.23 Å². The van der Waals surface area contributed by atoms with Gasteiger partial charge in [0, 0.05) is 44.0 Å². The summed E-state index contributed by atoms with van der Waals surface area (Å²) in [5.41, 5.74) is 10.5. The summed E-state index contributed by atoms with van der Waals surface area (Å²) >= 11 is 6.46. The number of rotatable bonds is 9. The lowest BCUT2D eigenvalue weighted by molar-refractivity contribution is -0.135. The summed E-state index contributed by atoms with van der Waals surface area (Å²) in [6.07, 6.45) is 3.23. The fraction of sp³-hybridized carbons (Fsp3) is 0.536. The van der Waals surface area contributed by atoms with Crippen LogP contribution in [0.1, 0.15) is 47.9 Å². The molecule has 7 nitrogen and oxygen atoms in total. The average Bonchev–Trinajstić information content (AvgIpc) is 3.67. The number of carbonyl (C=O) groups is 1. The number of carbonyl (C=O) groups excluding carboxylic acids is 1. The Bertz CT molecular complexity index is 1050. The molecule has 36 heavy (non-hydrogen) atoms. The van der Waals surface area contributed by atoms with Gasteiger partial charge in [-0.2, -0.15) is 0 Å². The Morgan fingerprint density at radius 2 is 1.83 bits per heavy atom. The molecule has 2 aromatic rings. The second-order valence-electron chi connectivity index (χ2n) is 10.4. The van der Waals surface area contributed by atoms with Crippen molar-refractivity contribution >= 4 is 23.2 Å². The third-order valence-electron chi connectivity index (χ3n) is 8.03. The Kier molecular flexibility index (Phi) is 8.15. The number of anilines is 1. The number of likely N-dealkylation sites (N-methyl/N-ethyl adjacent to an activating group) is 1. The van der Waals surface area contributed by atoms with Gasteiger partial charge in [-0.3, -0.25) is 15.0 Å². The number of ether oxygens (including phenoxy) is 1. The van der Waals surface area contributed by atoms with Crippen LogP contribution in [-0.4, -0.2) is 66.4 Å². The lowest BCUT2D eigenvalue weighted by Crippen LogP contribution is -2.51. The maximum atomic E-state index is 12.9. The molecule has 4 rings (SSSR count). The van der Waals surface area contributed by atoms with Crippen LogP contribution in [0.25, 0.3) is 0 Å². The minimum atomic E-state index is -0.586. The SMILES string of the molecule is Cc1c(C)c(OCC(=O)N(C)C2CCN(CC(O)NC3(c4ccccc4)CC3)CC2)c(Cl)c(C)c1N. The molecule has 1 aliphatic heterocycles. The van der Waals surface area contributed by atoms with E-state index in [1.807, 2.05) is 46.0 Å². The number of piperidine rings is 1. The van der Waals surface area contributed by atoms with Crippen molar-refractivity contribution in [1.29, 1.82) is 0 Å². The van der Waals surface area contributed by atoms with Crippen molar-refractivity contribution in [1.82, 2.24) is 15.1 Å². The lowest BCUT2D eigenvalue weighted by atomic mass is 10.0. The summed E-state index contributed by atoms with van der Waals surface area (Å²) in [5, 5.41) is 14.6. The molecule has 1 heterocycles. The number of likely N-dealkylation sites (tertiary alicyclic amines) is 1. The first kappa shape index (κ1) is 26.7. The predicted octanol–water partition coefficient (Wildman–Crippen LogP) is 3.75. The summed E-state index contributed by atoms with van der Waals surface area (Å²) < 4.78 is 5.89. The van der Waals surface area contributed by atoms with E-state index in [0.29, 0.717) is 23.0 Å². The van der Waals surface area contributed by atoms with Gasteiger partial charge in [0.25, 0.3) is 5.91 Å². The first-order valence-corrected chi connectivity index (χ1v) is 13.2. The van der Waals surface area contributed by atoms with Gasteiger partial charge in [0.2, 0.25) is 0 Å². The zero-order chi connectivity index (χ0) is 26.0. The molecule has 1 atom stereocenters. The highest BCUT2D eigenvalue weighted by molar-refractivity contribution is 6.33. The van der Waals surface area contributed by atoms with Gasteiger partial charge in [-0.25, -0.2) is 0 Å². The summed E-state index contributed by atoms with van der Waals surface area (Å²) in [6, 6.07) is 10.5. The van der Waals surface area contributed by atoms with Gasteiger partial charge in [0.05, 0.1) is 5.02 Å². The molecule has 1 amide bonds. The summed E-state index contributed by atoms with van der Waals surface area (Å²) in [5.74, 6) is 0.458. The molecular formula is C28H39ClN4O3. The number of benzene rings is 2. The van der Waals surface area contributed by atoms with Crippen LogP contribution in [0.5, 0.6) is 5.75 Å². The quantitative estimate of drug-likeness (QED) is 0.349. The third-order valence-corrected chi connectivity index (χ3v) is 8.48. The van der Waals surface area contributed by atoms with Crippen molar-refractivity contribution in [2.75, 3.05) is 39.0 Å². The van der Waals surface area contributed by atoms with E-state index in [1.54, 1.807) is 4.90 Å². The fourth-order valence-electron chi connectivity index (χ4n) is 5.21. The van der Waals surface area contributed by atoms with Crippen LogP contribution in [0.3, 0.4) is 0 Å². The number of hydrogen-bond donors (Lipinski definition) is 3. The van der Waals surface area contributed by atoms with Crippen molar-refractivity contribution < 1.29 is 14.6 Å². The molecule has 1 saturated carbocycles. The van der Waals surface area contributed by atoms with Crippen LogP contribution in [0.15, 0.2) is 30.3 Å². The van der Waals surface area contributed by atoms with E-state index >= 15 is 0 Å². The number of nitrogens with zero attached hydrogens (tertiary/aromatic N) is 2. The summed E-state index contributed by atoms with van der Waals surface area (Å²) in [4.78, 5) is 17.0. The first-order chi connectivity index (χ1) is 17.1. The van der Waals surface area contributed by atoms with Crippen LogP contribution >= 0.6 is 11.6 Å². The monoisotopic (exact) mass is 514 g/mol. The Morgan fingerprint density at radius 3 is 2.44 bits per heavy atom. The molecule has 4 N–H and O–H groups in total. The lowest BCUT2D eigenvalue weighted by Gasteiger charge is -2.38. The van der Waals surface area contributed by atoms with Crippen molar-refractivity contribution in [3.8, 4) is 5.75 Å². The molecule has 1 aliphatic carbocycles. The van der Waals surface area contributed by atoms with Crippen molar-refractivity contribution in [2.45, 2.75) is 64.3 Å². The zero-order valence-corrected chi connectivity index (χ0v) is 22.6. The number of β-amino-alcohol motifs (C(OH)–C–C–N with tert-alkyl or cyclic N) is 1. The molecule has 1 saturated heterocycles. The molecule has 2 aromatic carbocycles. The number of halogens is 1. The van der Waals surface area contributed by atoms with Crippen LogP contribution in [-0.2, 0) is 10.3 Å². The van der Waals surface area contributed by atoms with Gasteiger partial charge in [0.15, 0.2) is 6.61 Å². The predicted molar refractivity (Wildman–Crippen MR) is 144 cm³/mol. The maximum absolute atomic E-state index is 12.9. The van der Waals surface area contributed by atoms with E-state index in [2.05, 4.69) is 22.3 Å². The van der Waals surface area contributed by atoms with Crippen LogP contribution < -0.4 is 15.8 Å². The molecule has 0 aromatic heterocycles. The van der Waals surface area contributed by atoms with Gasteiger partial charge in [-0.1, -0.05) is 41.9 Å². The third kappa shape index (κ3) is 5.65. The van der Waals surface area contributed by atoms with Gasteiger partial charge in [-0.15, -0.1) is 0 Å². The maximum Gasteiger partial charge on any atom is 0.260 e. The van der Waals surface area contributed by atoms with Gasteiger partial charge >= 0.3 is 0 Å². The number of nitrogens with one attached hydrogen (secondary N) is 1. The van der Waals surface area contributed by atoms with Crippen molar-refractivity contribution in [3.63, 3.8) is 0 Å². The summed E-state index contributed by atoms with van der Waals surface area (Å²) in [6.45, 7) is 7.88. The normalized spacial score (nSPS) is 18.6. The Balaban J connectivity index is 1.24. The molecule has 2 fully saturated rings. The number of nitrogen functional groups attached to an aromatic ring is 1. The Morgan fingerprint density at radius 1 is 1.19 bits per heavy atom. The zero-order valence-electron chi connectivity index (χ0n) is 21.8. The first-order valence-electron chi connectivity index (χ1n) is 12.8. The largest absolute Gasteiger partial charge is 0.482 e. The smallest absolute Gasteiger partial charge is 0.260 e. The highest BCUT2D eigenvalue weighted by Crippen LogP contribution is 2.45. The molecule has 8 heteroatoms. The topological polar surface area (TPSA) is 91.1 Å². The fourth-order valence-corrected chi connectivity index (χ4v) is 5.51. The molecule has 0 spiro atoms. The van der Waals surface area contributed by atoms with E-state index in [-0.39, 0.29) is 24.1 Å². The van der Waals surface area contributed by atoms with Crippen LogP contribution in [0.2, 0.25) is 5.02 Å². The van der Waals surface area contributed by atoms with Crippen molar-refractivity contribution in [3.05, 3.63) is 57.6 Å². The van der Waals surface area contributed by atoms with Crippen LogP contribution in [0.4, 0.5) is 5.69 Å². The number of aliphatic hydroxyl groups is 1. The Hall–Kier alpha value is -2.32. The summed E-state index contributed by atoms with van der Waals surface area (Å²) in [7, 11) is 1.84. The number of nitrogens with two attached hydrogens (primary N) is 1. The van der Waals surface area contributed by atoms with Gasteiger partial charge in [0.1, 0.15) is 12.0 Å². The minimum absolute atomic E-state index is 0.0652. The minimum Gasteiger partial charge on any atom is -0.482 e. The highest BCUT2D eigenvalue weighted by Gasteiger charge is 2.45.